The van der Waals surface area contributed by atoms with Gasteiger partial charge in [0.1, 0.15) is 17.9 Å². The molecule has 0 bridgehead atoms. The molecule has 0 heterocycles. The van der Waals surface area contributed by atoms with E-state index < -0.39 is 35.9 Å². The monoisotopic (exact) mass is 1060 g/mol. The lowest BCUT2D eigenvalue weighted by Gasteiger charge is -2.34. The summed E-state index contributed by atoms with van der Waals surface area (Å²) in [4.78, 5) is 52.2. The highest BCUT2D eigenvalue weighted by molar-refractivity contribution is 5.91. The van der Waals surface area contributed by atoms with Crippen LogP contribution in [0.15, 0.2) is 170 Å². The van der Waals surface area contributed by atoms with E-state index in [1.165, 1.54) is 42.9 Å². The van der Waals surface area contributed by atoms with Crippen molar-refractivity contribution in [3.05, 3.63) is 192 Å². The average Bonchev–Trinajstić information content (AvgIpc) is 3.44. The second kappa shape index (κ2) is 30.8. The second-order valence-electron chi connectivity index (χ2n) is 21.7. The minimum Gasteiger partial charge on any atom is -0.481 e. The molecule has 0 aromatic heterocycles. The molecule has 0 radical (unpaired) electrons. The van der Waals surface area contributed by atoms with E-state index >= 15 is 0 Å². The van der Waals surface area contributed by atoms with Gasteiger partial charge in [0.25, 0.3) is 0 Å². The minimum absolute atomic E-state index is 0.0416. The number of aliphatic carboxylic acids is 3. The molecule has 1 saturated carbocycles. The first-order valence-electron chi connectivity index (χ1n) is 28.8. The summed E-state index contributed by atoms with van der Waals surface area (Å²) < 4.78 is 0. The van der Waals surface area contributed by atoms with Gasteiger partial charge >= 0.3 is 17.9 Å². The number of nitrogens with zero attached hydrogens (tertiary/aromatic N) is 2. The number of Topliss-reactive ketones (excluding diaryl/α,β-unsaturated/α-hetero) is 1. The summed E-state index contributed by atoms with van der Waals surface area (Å²) in [6.07, 6.45) is 10.6. The van der Waals surface area contributed by atoms with E-state index in [4.69, 9.17) is 5.11 Å². The Morgan fingerprint density at radius 3 is 1.06 bits per heavy atom. The Morgan fingerprint density at radius 2 is 0.759 bits per heavy atom. The third-order valence-corrected chi connectivity index (χ3v) is 15.3. The van der Waals surface area contributed by atoms with Gasteiger partial charge in [0.15, 0.2) is 0 Å². The van der Waals surface area contributed by atoms with Crippen molar-refractivity contribution in [2.24, 2.45) is 11.8 Å². The van der Waals surface area contributed by atoms with Crippen LogP contribution in [0.4, 0.5) is 0 Å². The zero-order chi connectivity index (χ0) is 56.8. The molecular weight excluding hydrogens is 981 g/mol. The number of carbonyl (C=O) groups excluding carboxylic acids is 1. The molecule has 9 nitrogen and oxygen atoms in total. The van der Waals surface area contributed by atoms with Gasteiger partial charge in [-0.25, -0.2) is 0 Å². The highest BCUT2D eigenvalue weighted by Crippen LogP contribution is 2.34. The van der Waals surface area contributed by atoms with Crippen molar-refractivity contribution in [3.63, 3.8) is 0 Å². The first-order chi connectivity index (χ1) is 38.1. The van der Waals surface area contributed by atoms with Gasteiger partial charge in [0.05, 0.1) is 5.92 Å². The van der Waals surface area contributed by atoms with Crippen LogP contribution in [0, 0.1) is 11.8 Å². The Balaban J connectivity index is 0.000000201. The van der Waals surface area contributed by atoms with Crippen molar-refractivity contribution in [2.75, 3.05) is 26.2 Å². The summed E-state index contributed by atoms with van der Waals surface area (Å²) in [6, 6.07) is 54.3. The predicted molar refractivity (Wildman–Crippen MR) is 326 cm³/mol. The first kappa shape index (κ1) is 61.0. The molecule has 1 aliphatic carbocycles. The van der Waals surface area contributed by atoms with Crippen molar-refractivity contribution in [2.45, 2.75) is 130 Å². The van der Waals surface area contributed by atoms with E-state index in [9.17, 15) is 29.4 Å². The third-order valence-electron chi connectivity index (χ3n) is 15.3. The molecule has 8 aromatic carbocycles. The molecule has 4 unspecified atom stereocenters. The fourth-order valence-corrected chi connectivity index (χ4v) is 10.5. The van der Waals surface area contributed by atoms with E-state index in [1.54, 1.807) is 6.92 Å². The van der Waals surface area contributed by atoms with Crippen molar-refractivity contribution in [3.8, 4) is 0 Å². The smallest absolute Gasteiger partial charge is 0.325 e. The molecule has 3 N–H and O–H groups in total. The summed E-state index contributed by atoms with van der Waals surface area (Å²) in [5.74, 6) is -1.34. The number of hydrogen-bond donors (Lipinski definition) is 3. The Kier molecular flexibility index (Phi) is 23.8. The number of benzene rings is 8. The lowest BCUT2D eigenvalue weighted by atomic mass is 9.76. The highest BCUT2D eigenvalue weighted by Gasteiger charge is 2.32. The molecule has 0 aliphatic heterocycles. The van der Waals surface area contributed by atoms with E-state index in [-0.39, 0.29) is 5.92 Å². The second-order valence-corrected chi connectivity index (χ2v) is 21.7. The molecule has 8 aromatic rings. The number of ketones is 1. The van der Waals surface area contributed by atoms with Gasteiger partial charge in [-0.3, -0.25) is 29.0 Å². The lowest BCUT2D eigenvalue weighted by Crippen LogP contribution is -2.43. The van der Waals surface area contributed by atoms with Crippen LogP contribution < -0.4 is 0 Å². The molecule has 79 heavy (non-hydrogen) atoms. The maximum Gasteiger partial charge on any atom is 0.325 e. The van der Waals surface area contributed by atoms with Crippen LogP contribution in [0.1, 0.15) is 152 Å². The molecule has 4 atom stereocenters. The van der Waals surface area contributed by atoms with Crippen molar-refractivity contribution in [1.29, 1.82) is 0 Å². The van der Waals surface area contributed by atoms with E-state index in [0.29, 0.717) is 37.9 Å². The van der Waals surface area contributed by atoms with Crippen molar-refractivity contribution in [1.82, 2.24) is 9.80 Å². The zero-order valence-corrected chi connectivity index (χ0v) is 47.7. The third kappa shape index (κ3) is 17.4. The number of carboxylic acids is 3. The number of carbonyl (C=O) groups is 4. The summed E-state index contributed by atoms with van der Waals surface area (Å²) in [5.41, 5.74) is 3.47. The number of hydrogen-bond acceptors (Lipinski definition) is 6. The van der Waals surface area contributed by atoms with Gasteiger partial charge in [-0.05, 0) is 129 Å². The highest BCUT2D eigenvalue weighted by atomic mass is 16.4. The standard InChI is InChI=1S/C32H36N2O4.C17H18O.C13H12O2.C8H18/c1-3-17-33(29(31(35)36)27-15-13-23-9-5-7-11-25(23)21-27)19-20-34(18-4-2)30(32(37)38)28-16-14-24-10-6-8-12-26(24)22-28;1-12(17(18)14-7-4-8-14)15-10-9-13-5-2-3-6-16(13)11-15;1-9(13(14)15)11-7-6-10-4-2-3-5-12(10)8-11;1-4-5-6-7-8(2)3/h5-16,21-22,29-30H,3-4,17-20H2,1-2H3,(H,35,36)(H,37,38);2-3,5-6,9-12,14H,4,7-8H2,1H3;2-9H,1H3,(H,14,15);8H,4-7H2,1-3H3. The zero-order valence-electron chi connectivity index (χ0n) is 47.7. The number of carboxylic acid groups (broad SMARTS) is 3. The summed E-state index contributed by atoms with van der Waals surface area (Å²) >= 11 is 0. The number of fused-ring (bicyclic) bond motifs is 4. The van der Waals surface area contributed by atoms with Gasteiger partial charge in [0, 0.05) is 24.9 Å². The molecule has 9 rings (SSSR count). The lowest BCUT2D eigenvalue weighted by molar-refractivity contribution is -0.146. The van der Waals surface area contributed by atoms with Gasteiger partial charge in [0.2, 0.25) is 0 Å². The van der Waals surface area contributed by atoms with Crippen LogP contribution in [0.3, 0.4) is 0 Å². The molecule has 1 aliphatic rings. The quantitative estimate of drug-likeness (QED) is 0.0567. The fourth-order valence-electron chi connectivity index (χ4n) is 10.5. The molecule has 416 valence electrons. The number of rotatable bonds is 22. The summed E-state index contributed by atoms with van der Waals surface area (Å²) in [5, 5.41) is 38.3. The maximum atomic E-state index is 12.6. The first-order valence-corrected chi connectivity index (χ1v) is 28.8. The van der Waals surface area contributed by atoms with Gasteiger partial charge in [-0.2, -0.15) is 0 Å². The van der Waals surface area contributed by atoms with Gasteiger partial charge in [-0.1, -0.05) is 231 Å². The van der Waals surface area contributed by atoms with Crippen LogP contribution in [-0.2, 0) is 19.2 Å². The van der Waals surface area contributed by atoms with Crippen molar-refractivity contribution < 1.29 is 34.5 Å². The Labute approximate surface area is 469 Å². The Bertz CT molecular complexity index is 3130. The number of unbranched alkanes of at least 4 members (excludes halogenated alkanes) is 2. The van der Waals surface area contributed by atoms with E-state index in [0.717, 1.165) is 86.2 Å². The van der Waals surface area contributed by atoms with Crippen molar-refractivity contribution >= 4 is 66.8 Å². The summed E-state index contributed by atoms with van der Waals surface area (Å²) in [7, 11) is 0. The topological polar surface area (TPSA) is 135 Å². The van der Waals surface area contributed by atoms with Crippen LogP contribution in [-0.4, -0.2) is 75.0 Å². The molecule has 1 fully saturated rings. The largest absolute Gasteiger partial charge is 0.481 e. The SMILES string of the molecule is CC(C(=O)C1CCC1)c1ccc2ccccc2c1.CC(C(=O)O)c1ccc2ccccc2c1.CCCCCC(C)C.CCCN(CCN(CCC)C(C(=O)O)c1ccc2ccccc2c1)C(C(=O)O)c1ccc2ccccc2c1. The van der Waals surface area contributed by atoms with Crippen LogP contribution in [0.25, 0.3) is 43.1 Å². The molecule has 0 amide bonds. The van der Waals surface area contributed by atoms with Crippen LogP contribution in [0.2, 0.25) is 0 Å². The summed E-state index contributed by atoms with van der Waals surface area (Å²) in [6.45, 7) is 16.7. The van der Waals surface area contributed by atoms with Crippen LogP contribution >= 0.6 is 0 Å². The molecule has 9 heteroatoms. The van der Waals surface area contributed by atoms with Crippen LogP contribution in [0.5, 0.6) is 0 Å². The molecular formula is C70H84N2O7. The average molecular weight is 1070 g/mol. The Hall–Kier alpha value is -7.20. The van der Waals surface area contributed by atoms with E-state index in [2.05, 4.69) is 51.1 Å². The maximum absolute atomic E-state index is 12.6. The van der Waals surface area contributed by atoms with Gasteiger partial charge < -0.3 is 15.3 Å². The Morgan fingerprint density at radius 1 is 0.418 bits per heavy atom. The van der Waals surface area contributed by atoms with Gasteiger partial charge in [-0.15, -0.1) is 0 Å². The van der Waals surface area contributed by atoms with E-state index in [1.807, 2.05) is 170 Å². The molecule has 0 spiro atoms. The normalized spacial score (nSPS) is 13.8. The fraction of sp³-hybridized carbons (Fsp3) is 0.371. The molecule has 0 saturated heterocycles. The minimum atomic E-state index is -0.903. The predicted octanol–water partition coefficient (Wildman–Crippen LogP) is 16.9.